The van der Waals surface area contributed by atoms with Crippen molar-refractivity contribution in [1.29, 1.82) is 0 Å². The molecule has 0 fully saturated rings. The van der Waals surface area contributed by atoms with Crippen LogP contribution in [-0.2, 0) is 5.67 Å². The van der Waals surface area contributed by atoms with Gasteiger partial charge in [0.25, 0.3) is 0 Å². The van der Waals surface area contributed by atoms with E-state index < -0.39 is 11.5 Å². The van der Waals surface area contributed by atoms with E-state index in [-0.39, 0.29) is 16.9 Å². The first kappa shape index (κ1) is 10.8. The van der Waals surface area contributed by atoms with Crippen LogP contribution in [0.4, 0.5) is 8.78 Å². The van der Waals surface area contributed by atoms with Crippen LogP contribution in [-0.4, -0.2) is 5.78 Å². The first-order valence-corrected chi connectivity index (χ1v) is 4.33. The summed E-state index contributed by atoms with van der Waals surface area (Å²) >= 11 is 0. The van der Waals surface area contributed by atoms with Gasteiger partial charge in [-0.3, -0.25) is 4.79 Å². The Morgan fingerprint density at radius 2 is 1.93 bits per heavy atom. The molecule has 1 nitrogen and oxygen atoms in total. The quantitative estimate of drug-likeness (QED) is 0.667. The first-order valence-electron chi connectivity index (χ1n) is 4.33. The molecule has 0 saturated carbocycles. The average Bonchev–Trinajstić information content (AvgIpc) is 2.01. The Hall–Kier alpha value is -1.25. The Labute approximate surface area is 81.7 Å². The molecule has 1 rings (SSSR count). The van der Waals surface area contributed by atoms with Gasteiger partial charge in [0.15, 0.2) is 5.78 Å². The first-order chi connectivity index (χ1) is 6.34. The van der Waals surface area contributed by atoms with Gasteiger partial charge < -0.3 is 0 Å². The zero-order valence-electron chi connectivity index (χ0n) is 8.40. The van der Waals surface area contributed by atoms with Crippen molar-refractivity contribution in [3.05, 3.63) is 35.1 Å². The highest BCUT2D eigenvalue weighted by molar-refractivity contribution is 5.95. The van der Waals surface area contributed by atoms with Gasteiger partial charge in [-0.05, 0) is 26.8 Å². The highest BCUT2D eigenvalue weighted by atomic mass is 19.1. The van der Waals surface area contributed by atoms with Crippen LogP contribution in [0.3, 0.4) is 0 Å². The summed E-state index contributed by atoms with van der Waals surface area (Å²) in [6.45, 7) is 3.76. The summed E-state index contributed by atoms with van der Waals surface area (Å²) in [6, 6.07) is 3.99. The van der Waals surface area contributed by atoms with Gasteiger partial charge in [-0.1, -0.05) is 12.1 Å². The molecule has 0 radical (unpaired) electrons. The summed E-state index contributed by atoms with van der Waals surface area (Å²) in [5.41, 5.74) is -1.89. The largest absolute Gasteiger partial charge is 0.294 e. The van der Waals surface area contributed by atoms with E-state index in [2.05, 4.69) is 0 Å². The molecule has 0 amide bonds. The van der Waals surface area contributed by atoms with E-state index in [4.69, 9.17) is 0 Å². The van der Waals surface area contributed by atoms with Crippen molar-refractivity contribution >= 4 is 5.78 Å². The standard InChI is InChI=1S/C11H12F2O/c1-7(14)8-5-4-6-9(12)10(8)11(2,3)13/h4-6H,1-3H3. The Bertz CT molecular complexity index is 364. The van der Waals surface area contributed by atoms with Crippen molar-refractivity contribution in [3.63, 3.8) is 0 Å². The van der Waals surface area contributed by atoms with E-state index in [0.717, 1.165) is 6.07 Å². The Morgan fingerprint density at radius 3 is 2.29 bits per heavy atom. The molecule has 1 aromatic carbocycles. The molecule has 0 saturated heterocycles. The smallest absolute Gasteiger partial charge is 0.160 e. The van der Waals surface area contributed by atoms with Gasteiger partial charge in [0.2, 0.25) is 0 Å². The summed E-state index contributed by atoms with van der Waals surface area (Å²) in [4.78, 5) is 11.1. The van der Waals surface area contributed by atoms with E-state index in [1.54, 1.807) is 0 Å². The molecule has 3 heteroatoms. The lowest BCUT2D eigenvalue weighted by Gasteiger charge is -2.18. The maximum Gasteiger partial charge on any atom is 0.160 e. The third-order valence-corrected chi connectivity index (χ3v) is 1.99. The number of Topliss-reactive ketones (excluding diaryl/α,β-unsaturated/α-hetero) is 1. The highest BCUT2D eigenvalue weighted by Gasteiger charge is 2.27. The lowest BCUT2D eigenvalue weighted by Crippen LogP contribution is -2.16. The predicted octanol–water partition coefficient (Wildman–Crippen LogP) is 3.23. The molecule has 0 aliphatic heterocycles. The maximum atomic E-state index is 13.6. The minimum absolute atomic E-state index is 0.109. The number of carbonyl (C=O) groups excluding carboxylic acids is 1. The SMILES string of the molecule is CC(=O)c1cccc(F)c1C(C)(C)F. The molecule has 14 heavy (non-hydrogen) atoms. The van der Waals surface area contributed by atoms with Crippen LogP contribution in [0.2, 0.25) is 0 Å². The minimum atomic E-state index is -1.84. The number of rotatable bonds is 2. The minimum Gasteiger partial charge on any atom is -0.294 e. The third-order valence-electron chi connectivity index (χ3n) is 1.99. The molecule has 0 aliphatic carbocycles. The Kier molecular flexibility index (Phi) is 2.69. The number of halogens is 2. The topological polar surface area (TPSA) is 17.1 Å². The van der Waals surface area contributed by atoms with E-state index in [1.165, 1.54) is 32.9 Å². The van der Waals surface area contributed by atoms with Crippen molar-refractivity contribution in [2.45, 2.75) is 26.4 Å². The van der Waals surface area contributed by atoms with E-state index in [9.17, 15) is 13.6 Å². The van der Waals surface area contributed by atoms with Gasteiger partial charge in [0.1, 0.15) is 11.5 Å². The van der Waals surface area contributed by atoms with E-state index >= 15 is 0 Å². The molecular formula is C11H12F2O. The average molecular weight is 198 g/mol. The van der Waals surface area contributed by atoms with Crippen LogP contribution in [0.5, 0.6) is 0 Å². The summed E-state index contributed by atoms with van der Waals surface area (Å²) in [5.74, 6) is -1.00. The van der Waals surface area contributed by atoms with Crippen LogP contribution in [0, 0.1) is 5.82 Å². The van der Waals surface area contributed by atoms with Crippen molar-refractivity contribution < 1.29 is 13.6 Å². The van der Waals surface area contributed by atoms with Crippen molar-refractivity contribution in [1.82, 2.24) is 0 Å². The van der Waals surface area contributed by atoms with Crippen LogP contribution >= 0.6 is 0 Å². The van der Waals surface area contributed by atoms with Gasteiger partial charge >= 0.3 is 0 Å². The molecule has 0 aliphatic rings. The Balaban J connectivity index is 3.45. The number of carbonyl (C=O) groups is 1. The van der Waals surface area contributed by atoms with Crippen LogP contribution in [0.15, 0.2) is 18.2 Å². The summed E-state index contributed by atoms with van der Waals surface area (Å²) in [7, 11) is 0. The van der Waals surface area contributed by atoms with Crippen LogP contribution in [0.1, 0.15) is 36.7 Å². The van der Waals surface area contributed by atoms with E-state index in [1.807, 2.05) is 0 Å². The van der Waals surface area contributed by atoms with Gasteiger partial charge in [0.05, 0.1) is 0 Å². The Morgan fingerprint density at radius 1 is 1.36 bits per heavy atom. The highest BCUT2D eigenvalue weighted by Crippen LogP contribution is 2.30. The van der Waals surface area contributed by atoms with Gasteiger partial charge in [0, 0.05) is 11.1 Å². The van der Waals surface area contributed by atoms with Crippen LogP contribution in [0.25, 0.3) is 0 Å². The predicted molar refractivity (Wildman–Crippen MR) is 50.5 cm³/mol. The van der Waals surface area contributed by atoms with Crippen molar-refractivity contribution in [2.24, 2.45) is 0 Å². The molecule has 0 heterocycles. The fraction of sp³-hybridized carbons (Fsp3) is 0.364. The molecule has 0 N–H and O–H groups in total. The molecule has 1 aromatic rings. The number of ketones is 1. The normalized spacial score (nSPS) is 11.5. The summed E-state index contributed by atoms with van der Waals surface area (Å²) in [5, 5.41) is 0. The van der Waals surface area contributed by atoms with Crippen molar-refractivity contribution in [3.8, 4) is 0 Å². The molecule has 0 atom stereocenters. The molecule has 0 bridgehead atoms. The zero-order valence-corrected chi connectivity index (χ0v) is 8.40. The van der Waals surface area contributed by atoms with Gasteiger partial charge in [-0.15, -0.1) is 0 Å². The number of benzene rings is 1. The monoisotopic (exact) mass is 198 g/mol. The number of alkyl halides is 1. The second-order valence-corrected chi connectivity index (χ2v) is 3.69. The van der Waals surface area contributed by atoms with E-state index in [0.29, 0.717) is 0 Å². The third kappa shape index (κ3) is 1.97. The number of hydrogen-bond donors (Lipinski definition) is 0. The fourth-order valence-corrected chi connectivity index (χ4v) is 1.42. The maximum absolute atomic E-state index is 13.6. The van der Waals surface area contributed by atoms with Gasteiger partial charge in [-0.2, -0.15) is 0 Å². The lowest BCUT2D eigenvalue weighted by molar-refractivity contribution is 0.100. The molecular weight excluding hydrogens is 186 g/mol. The summed E-state index contributed by atoms with van der Waals surface area (Å²) in [6.07, 6.45) is 0. The second kappa shape index (κ2) is 3.48. The molecule has 0 spiro atoms. The molecule has 0 aromatic heterocycles. The summed E-state index contributed by atoms with van der Waals surface area (Å²) < 4.78 is 26.9. The zero-order chi connectivity index (χ0) is 10.9. The number of hydrogen-bond acceptors (Lipinski definition) is 1. The molecule has 0 unspecified atom stereocenters. The lowest BCUT2D eigenvalue weighted by atomic mass is 9.92. The van der Waals surface area contributed by atoms with Gasteiger partial charge in [-0.25, -0.2) is 8.78 Å². The second-order valence-electron chi connectivity index (χ2n) is 3.69. The fourth-order valence-electron chi connectivity index (χ4n) is 1.42. The van der Waals surface area contributed by atoms with Crippen LogP contribution < -0.4 is 0 Å². The molecule has 76 valence electrons. The van der Waals surface area contributed by atoms with Crippen molar-refractivity contribution in [2.75, 3.05) is 0 Å².